The van der Waals surface area contributed by atoms with Crippen LogP contribution in [0.3, 0.4) is 0 Å². The number of rotatable bonds is 5. The highest BCUT2D eigenvalue weighted by atomic mass is 15.0. The van der Waals surface area contributed by atoms with E-state index in [2.05, 4.69) is 34.1 Å². The molecule has 0 unspecified atom stereocenters. The number of anilines is 1. The van der Waals surface area contributed by atoms with Crippen LogP contribution in [0, 0.1) is 6.92 Å². The van der Waals surface area contributed by atoms with Crippen LogP contribution >= 0.6 is 0 Å². The summed E-state index contributed by atoms with van der Waals surface area (Å²) in [6.07, 6.45) is 3.76. The maximum Gasteiger partial charge on any atom is 0.131 e. The minimum Gasteiger partial charge on any atom is -0.370 e. The highest BCUT2D eigenvalue weighted by Gasteiger charge is 2.06. The van der Waals surface area contributed by atoms with Crippen molar-refractivity contribution in [3.05, 3.63) is 35.9 Å². The summed E-state index contributed by atoms with van der Waals surface area (Å²) in [6.45, 7) is 7.05. The van der Waals surface area contributed by atoms with Crippen molar-refractivity contribution >= 4 is 5.82 Å². The molecule has 0 amide bonds. The van der Waals surface area contributed by atoms with Gasteiger partial charge in [0.05, 0.1) is 5.69 Å². The number of pyridine rings is 1. The second kappa shape index (κ2) is 6.27. The zero-order valence-electron chi connectivity index (χ0n) is 11.8. The van der Waals surface area contributed by atoms with Gasteiger partial charge in [-0.05, 0) is 32.4 Å². The molecular weight excluding hydrogens is 236 g/mol. The molecule has 0 fully saturated rings. The zero-order chi connectivity index (χ0) is 13.7. The predicted molar refractivity (Wildman–Crippen MR) is 78.2 cm³/mol. The third-order valence-corrected chi connectivity index (χ3v) is 2.80. The van der Waals surface area contributed by atoms with Crippen molar-refractivity contribution in [2.24, 2.45) is 0 Å². The van der Waals surface area contributed by atoms with Crippen molar-refractivity contribution in [1.29, 1.82) is 0 Å². The number of aromatic nitrogens is 3. The van der Waals surface area contributed by atoms with E-state index in [1.165, 1.54) is 0 Å². The van der Waals surface area contributed by atoms with Gasteiger partial charge in [0.15, 0.2) is 0 Å². The van der Waals surface area contributed by atoms with Crippen LogP contribution in [-0.4, -0.2) is 21.5 Å². The average molecular weight is 256 g/mol. The molecule has 4 heteroatoms. The number of hydrogen-bond acceptors (Lipinski definition) is 4. The first kappa shape index (κ1) is 13.5. The molecule has 2 heterocycles. The lowest BCUT2D eigenvalue weighted by atomic mass is 10.1. The van der Waals surface area contributed by atoms with Crippen molar-refractivity contribution in [3.8, 4) is 11.3 Å². The SMILES string of the molecule is CCCc1nc(NCC)cc(-c2ccnc(C)c2)n1. The molecule has 0 aliphatic heterocycles. The summed E-state index contributed by atoms with van der Waals surface area (Å²) in [5.41, 5.74) is 3.05. The Balaban J connectivity index is 2.43. The summed E-state index contributed by atoms with van der Waals surface area (Å²) in [7, 11) is 0. The minimum absolute atomic E-state index is 0.859. The molecule has 2 aromatic heterocycles. The molecule has 0 bridgehead atoms. The Morgan fingerprint density at radius 1 is 1.16 bits per heavy atom. The number of nitrogens with zero attached hydrogens (tertiary/aromatic N) is 3. The van der Waals surface area contributed by atoms with E-state index >= 15 is 0 Å². The van der Waals surface area contributed by atoms with Gasteiger partial charge in [-0.1, -0.05) is 6.92 Å². The Bertz CT molecular complexity index is 527. The molecule has 0 spiro atoms. The van der Waals surface area contributed by atoms with E-state index in [1.54, 1.807) is 0 Å². The fraction of sp³-hybridized carbons (Fsp3) is 0.400. The van der Waals surface area contributed by atoms with Crippen LogP contribution in [0.5, 0.6) is 0 Å². The van der Waals surface area contributed by atoms with Crippen molar-refractivity contribution in [3.63, 3.8) is 0 Å². The van der Waals surface area contributed by atoms with Crippen LogP contribution in [0.25, 0.3) is 11.3 Å². The summed E-state index contributed by atoms with van der Waals surface area (Å²) >= 11 is 0. The zero-order valence-corrected chi connectivity index (χ0v) is 11.8. The van der Waals surface area contributed by atoms with Gasteiger partial charge < -0.3 is 5.32 Å². The molecule has 0 radical (unpaired) electrons. The molecule has 4 nitrogen and oxygen atoms in total. The lowest BCUT2D eigenvalue weighted by molar-refractivity contribution is 0.836. The Hall–Kier alpha value is -1.97. The molecule has 0 aliphatic carbocycles. The number of hydrogen-bond donors (Lipinski definition) is 1. The Morgan fingerprint density at radius 3 is 2.68 bits per heavy atom. The van der Waals surface area contributed by atoms with E-state index in [-0.39, 0.29) is 0 Å². The minimum atomic E-state index is 0.859. The lowest BCUT2D eigenvalue weighted by Crippen LogP contribution is -2.04. The van der Waals surface area contributed by atoms with Crippen LogP contribution in [0.4, 0.5) is 5.82 Å². The van der Waals surface area contributed by atoms with E-state index in [0.717, 1.165) is 48.0 Å². The van der Waals surface area contributed by atoms with E-state index in [0.29, 0.717) is 0 Å². The first-order chi connectivity index (χ1) is 9.22. The average Bonchev–Trinajstić information content (AvgIpc) is 2.39. The molecule has 0 aliphatic rings. The maximum atomic E-state index is 4.64. The van der Waals surface area contributed by atoms with Gasteiger partial charge >= 0.3 is 0 Å². The van der Waals surface area contributed by atoms with Gasteiger partial charge in [-0.3, -0.25) is 4.98 Å². The van der Waals surface area contributed by atoms with Gasteiger partial charge in [-0.25, -0.2) is 9.97 Å². The van der Waals surface area contributed by atoms with Crippen LogP contribution in [0.2, 0.25) is 0 Å². The molecular formula is C15H20N4. The summed E-state index contributed by atoms with van der Waals surface area (Å²) in [5, 5.41) is 3.26. The molecule has 0 aromatic carbocycles. The lowest BCUT2D eigenvalue weighted by Gasteiger charge is -2.09. The molecule has 0 saturated heterocycles. The van der Waals surface area contributed by atoms with E-state index in [1.807, 2.05) is 31.3 Å². The second-order valence-corrected chi connectivity index (χ2v) is 4.52. The van der Waals surface area contributed by atoms with Gasteiger partial charge in [0.25, 0.3) is 0 Å². The van der Waals surface area contributed by atoms with E-state index in [4.69, 9.17) is 0 Å². The van der Waals surface area contributed by atoms with Crippen LogP contribution in [0.1, 0.15) is 31.8 Å². The van der Waals surface area contributed by atoms with Crippen molar-refractivity contribution in [2.75, 3.05) is 11.9 Å². The fourth-order valence-corrected chi connectivity index (χ4v) is 1.96. The van der Waals surface area contributed by atoms with Crippen LogP contribution < -0.4 is 5.32 Å². The third kappa shape index (κ3) is 3.50. The smallest absolute Gasteiger partial charge is 0.131 e. The Morgan fingerprint density at radius 2 is 2.00 bits per heavy atom. The summed E-state index contributed by atoms with van der Waals surface area (Å²) in [4.78, 5) is 13.4. The predicted octanol–water partition coefficient (Wildman–Crippen LogP) is 3.23. The summed E-state index contributed by atoms with van der Waals surface area (Å²) < 4.78 is 0. The highest BCUT2D eigenvalue weighted by molar-refractivity contribution is 5.62. The summed E-state index contributed by atoms with van der Waals surface area (Å²) in [6, 6.07) is 6.03. The van der Waals surface area contributed by atoms with Crippen LogP contribution in [0.15, 0.2) is 24.4 Å². The first-order valence-corrected chi connectivity index (χ1v) is 6.77. The van der Waals surface area contributed by atoms with E-state index in [9.17, 15) is 0 Å². The molecule has 0 atom stereocenters. The third-order valence-electron chi connectivity index (χ3n) is 2.80. The van der Waals surface area contributed by atoms with Crippen molar-refractivity contribution in [1.82, 2.24) is 15.0 Å². The van der Waals surface area contributed by atoms with Crippen molar-refractivity contribution < 1.29 is 0 Å². The summed E-state index contributed by atoms with van der Waals surface area (Å²) in [5.74, 6) is 1.79. The molecule has 100 valence electrons. The molecule has 2 rings (SSSR count). The van der Waals surface area contributed by atoms with Gasteiger partial charge in [0.2, 0.25) is 0 Å². The molecule has 2 aromatic rings. The van der Waals surface area contributed by atoms with Gasteiger partial charge in [-0.2, -0.15) is 0 Å². The van der Waals surface area contributed by atoms with Gasteiger partial charge in [-0.15, -0.1) is 0 Å². The maximum absolute atomic E-state index is 4.64. The first-order valence-electron chi connectivity index (χ1n) is 6.77. The Labute approximate surface area is 114 Å². The normalized spacial score (nSPS) is 10.5. The molecule has 19 heavy (non-hydrogen) atoms. The van der Waals surface area contributed by atoms with Crippen LogP contribution in [-0.2, 0) is 6.42 Å². The van der Waals surface area contributed by atoms with Gasteiger partial charge in [0.1, 0.15) is 11.6 Å². The standard InChI is InChI=1S/C15H20N4/c1-4-6-14-18-13(10-15(19-14)16-5-2)12-7-8-17-11(3)9-12/h7-10H,4-6H2,1-3H3,(H,16,18,19). The Kier molecular flexibility index (Phi) is 4.44. The van der Waals surface area contributed by atoms with E-state index < -0.39 is 0 Å². The molecule has 0 saturated carbocycles. The fourth-order valence-electron chi connectivity index (χ4n) is 1.96. The highest BCUT2D eigenvalue weighted by Crippen LogP contribution is 2.20. The number of aryl methyl sites for hydroxylation is 2. The largest absolute Gasteiger partial charge is 0.370 e. The quantitative estimate of drug-likeness (QED) is 0.892. The molecule has 1 N–H and O–H groups in total. The van der Waals surface area contributed by atoms with Gasteiger partial charge in [0, 0.05) is 36.5 Å². The second-order valence-electron chi connectivity index (χ2n) is 4.52. The van der Waals surface area contributed by atoms with Crippen molar-refractivity contribution in [2.45, 2.75) is 33.6 Å². The topological polar surface area (TPSA) is 50.7 Å². The monoisotopic (exact) mass is 256 g/mol. The number of nitrogens with one attached hydrogen (secondary N) is 1.